The molecule has 0 saturated carbocycles. The lowest BCUT2D eigenvalue weighted by Gasteiger charge is -2.20. The third kappa shape index (κ3) is 3.16. The molecule has 0 aliphatic heterocycles. The van der Waals surface area contributed by atoms with Crippen molar-refractivity contribution in [2.45, 2.75) is 33.1 Å². The van der Waals surface area contributed by atoms with Gasteiger partial charge in [0.2, 0.25) is 0 Å². The molecule has 20 heavy (non-hydrogen) atoms. The first kappa shape index (κ1) is 14.1. The molecule has 1 aromatic carbocycles. The zero-order valence-electron chi connectivity index (χ0n) is 12.3. The van der Waals surface area contributed by atoms with Crippen LogP contribution in [0.4, 0.5) is 0 Å². The molecule has 0 spiro atoms. The number of rotatable bonds is 2. The average Bonchev–Trinajstić information content (AvgIpc) is 2.40. The summed E-state index contributed by atoms with van der Waals surface area (Å²) in [6.07, 6.45) is 1.58. The van der Waals surface area contributed by atoms with Gasteiger partial charge in [-0.1, -0.05) is 32.9 Å². The van der Waals surface area contributed by atoms with Crippen LogP contribution in [0.1, 0.15) is 37.6 Å². The highest BCUT2D eigenvalue weighted by Gasteiger charge is 2.15. The summed E-state index contributed by atoms with van der Waals surface area (Å²) >= 11 is 0. The van der Waals surface area contributed by atoms with Crippen LogP contribution >= 0.6 is 0 Å². The lowest BCUT2D eigenvalue weighted by molar-refractivity contribution is 0.476. The predicted octanol–water partition coefficient (Wildman–Crippen LogP) is 4.35. The van der Waals surface area contributed by atoms with Gasteiger partial charge in [-0.05, 0) is 35.6 Å². The van der Waals surface area contributed by atoms with Gasteiger partial charge in [-0.2, -0.15) is 5.26 Å². The molecule has 2 aromatic rings. The van der Waals surface area contributed by atoms with Gasteiger partial charge in [0.1, 0.15) is 23.3 Å². The average molecular weight is 266 g/mol. The van der Waals surface area contributed by atoms with E-state index in [0.717, 1.165) is 11.3 Å². The van der Waals surface area contributed by atoms with Crippen LogP contribution in [0.3, 0.4) is 0 Å². The van der Waals surface area contributed by atoms with E-state index >= 15 is 0 Å². The molecule has 0 atom stereocenters. The Labute approximate surface area is 119 Å². The number of benzene rings is 1. The van der Waals surface area contributed by atoms with E-state index in [4.69, 9.17) is 10.00 Å². The van der Waals surface area contributed by atoms with Crippen LogP contribution in [0, 0.1) is 18.3 Å². The van der Waals surface area contributed by atoms with Crippen LogP contribution in [0.25, 0.3) is 0 Å². The minimum absolute atomic E-state index is 0.119. The molecule has 102 valence electrons. The molecule has 0 fully saturated rings. The topological polar surface area (TPSA) is 45.9 Å². The van der Waals surface area contributed by atoms with Crippen LogP contribution < -0.4 is 4.74 Å². The molecule has 0 bridgehead atoms. The molecule has 0 radical (unpaired) electrons. The fourth-order valence-electron chi connectivity index (χ4n) is 1.89. The molecule has 3 nitrogen and oxygen atoms in total. The van der Waals surface area contributed by atoms with E-state index in [-0.39, 0.29) is 5.41 Å². The van der Waals surface area contributed by atoms with Crippen molar-refractivity contribution in [1.82, 2.24) is 4.98 Å². The first-order chi connectivity index (χ1) is 9.40. The second-order valence-electron chi connectivity index (χ2n) is 5.82. The van der Waals surface area contributed by atoms with Crippen LogP contribution in [0.15, 0.2) is 36.5 Å². The van der Waals surface area contributed by atoms with Crippen LogP contribution in [-0.2, 0) is 5.41 Å². The zero-order chi connectivity index (χ0) is 14.8. The van der Waals surface area contributed by atoms with E-state index in [9.17, 15) is 0 Å². The molecular weight excluding hydrogens is 248 g/mol. The largest absolute Gasteiger partial charge is 0.457 e. The van der Waals surface area contributed by atoms with Crippen molar-refractivity contribution in [1.29, 1.82) is 5.26 Å². The Hall–Kier alpha value is -2.34. The Bertz CT molecular complexity index is 663. The Morgan fingerprint density at radius 3 is 2.50 bits per heavy atom. The second-order valence-corrected chi connectivity index (χ2v) is 5.82. The fraction of sp³-hybridized carbons (Fsp3) is 0.294. The summed E-state index contributed by atoms with van der Waals surface area (Å²) in [4.78, 5) is 3.93. The molecule has 3 heteroatoms. The van der Waals surface area contributed by atoms with Crippen molar-refractivity contribution in [2.24, 2.45) is 0 Å². The lowest BCUT2D eigenvalue weighted by atomic mass is 9.86. The number of nitriles is 1. The number of ether oxygens (including phenoxy) is 1. The minimum atomic E-state index is 0.119. The second kappa shape index (κ2) is 5.34. The maximum absolute atomic E-state index is 8.84. The Morgan fingerprint density at radius 2 is 1.90 bits per heavy atom. The highest BCUT2D eigenvalue weighted by Crippen LogP contribution is 2.30. The first-order valence-electron chi connectivity index (χ1n) is 6.55. The first-order valence-corrected chi connectivity index (χ1v) is 6.55. The van der Waals surface area contributed by atoms with Gasteiger partial charge in [0.05, 0.1) is 0 Å². The number of hydrogen-bond donors (Lipinski definition) is 0. The number of aryl methyl sites for hydroxylation is 1. The van der Waals surface area contributed by atoms with Crippen molar-refractivity contribution >= 4 is 0 Å². The molecule has 1 aromatic heterocycles. The highest BCUT2D eigenvalue weighted by molar-refractivity contribution is 5.42. The highest BCUT2D eigenvalue weighted by atomic mass is 16.5. The predicted molar refractivity (Wildman–Crippen MR) is 78.9 cm³/mol. The monoisotopic (exact) mass is 266 g/mol. The van der Waals surface area contributed by atoms with E-state index in [1.807, 2.05) is 19.1 Å². The number of pyridine rings is 1. The van der Waals surface area contributed by atoms with Gasteiger partial charge >= 0.3 is 0 Å². The van der Waals surface area contributed by atoms with Gasteiger partial charge in [0, 0.05) is 12.3 Å². The molecule has 0 aliphatic rings. The fourth-order valence-corrected chi connectivity index (χ4v) is 1.89. The van der Waals surface area contributed by atoms with E-state index < -0.39 is 0 Å². The summed E-state index contributed by atoms with van der Waals surface area (Å²) in [6.45, 7) is 8.58. The molecule has 1 heterocycles. The normalized spacial score (nSPS) is 10.9. The van der Waals surface area contributed by atoms with Crippen molar-refractivity contribution in [3.63, 3.8) is 0 Å². The van der Waals surface area contributed by atoms with Gasteiger partial charge in [-0.15, -0.1) is 0 Å². The van der Waals surface area contributed by atoms with Crippen molar-refractivity contribution in [3.8, 4) is 17.6 Å². The molecule has 0 unspecified atom stereocenters. The quantitative estimate of drug-likeness (QED) is 0.811. The Kier molecular flexibility index (Phi) is 3.76. The van der Waals surface area contributed by atoms with Crippen molar-refractivity contribution in [3.05, 3.63) is 53.3 Å². The summed E-state index contributed by atoms with van der Waals surface area (Å²) in [5, 5.41) is 8.84. The minimum Gasteiger partial charge on any atom is -0.457 e. The summed E-state index contributed by atoms with van der Waals surface area (Å²) < 4.78 is 5.83. The van der Waals surface area contributed by atoms with Crippen LogP contribution in [0.2, 0.25) is 0 Å². The summed E-state index contributed by atoms with van der Waals surface area (Å²) in [6, 6.07) is 11.6. The number of aromatic nitrogens is 1. The molecule has 0 amide bonds. The summed E-state index contributed by atoms with van der Waals surface area (Å²) in [5.74, 6) is 1.43. The third-order valence-electron chi connectivity index (χ3n) is 3.11. The zero-order valence-corrected chi connectivity index (χ0v) is 12.3. The molecule has 0 aliphatic carbocycles. The molecule has 0 N–H and O–H groups in total. The van der Waals surface area contributed by atoms with Gasteiger partial charge in [-0.25, -0.2) is 4.98 Å². The summed E-state index contributed by atoms with van der Waals surface area (Å²) in [7, 11) is 0. The molecule has 0 saturated heterocycles. The number of nitrogens with zero attached hydrogens (tertiary/aromatic N) is 2. The van der Waals surface area contributed by atoms with E-state index in [1.54, 1.807) is 18.3 Å². The van der Waals surface area contributed by atoms with Gasteiger partial charge in [-0.3, -0.25) is 0 Å². The number of hydrogen-bond acceptors (Lipinski definition) is 3. The van der Waals surface area contributed by atoms with Crippen molar-refractivity contribution in [2.75, 3.05) is 0 Å². The van der Waals surface area contributed by atoms with Gasteiger partial charge in [0.15, 0.2) is 0 Å². The van der Waals surface area contributed by atoms with E-state index in [0.29, 0.717) is 11.4 Å². The van der Waals surface area contributed by atoms with Crippen molar-refractivity contribution < 1.29 is 4.74 Å². The molecule has 2 rings (SSSR count). The smallest absolute Gasteiger partial charge is 0.144 e. The maximum atomic E-state index is 8.84. The lowest BCUT2D eigenvalue weighted by Crippen LogP contribution is -2.11. The Balaban J connectivity index is 2.28. The van der Waals surface area contributed by atoms with Gasteiger partial charge < -0.3 is 4.74 Å². The third-order valence-corrected chi connectivity index (χ3v) is 3.11. The van der Waals surface area contributed by atoms with Gasteiger partial charge in [0.25, 0.3) is 0 Å². The SMILES string of the molecule is Cc1cc(C(C)(C)C)ccc1Oc1ccnc(C#N)c1. The standard InChI is InChI=1S/C17H18N2O/c1-12-9-13(17(2,3)4)5-6-16(12)20-15-7-8-19-14(10-15)11-18/h5-10H,1-4H3. The maximum Gasteiger partial charge on any atom is 0.144 e. The van der Waals surface area contributed by atoms with Crippen LogP contribution in [0.5, 0.6) is 11.5 Å². The molecular formula is C17H18N2O. The Morgan fingerprint density at radius 1 is 1.15 bits per heavy atom. The summed E-state index contributed by atoms with van der Waals surface area (Å²) in [5.41, 5.74) is 2.82. The van der Waals surface area contributed by atoms with E-state index in [1.165, 1.54) is 5.56 Å². The van der Waals surface area contributed by atoms with Crippen LogP contribution in [-0.4, -0.2) is 4.98 Å². The van der Waals surface area contributed by atoms with E-state index in [2.05, 4.69) is 37.9 Å².